The Morgan fingerprint density at radius 2 is 2.09 bits per heavy atom. The van der Waals surface area contributed by atoms with Gasteiger partial charge in [-0.05, 0) is 24.8 Å². The van der Waals surface area contributed by atoms with Crippen molar-refractivity contribution in [2.75, 3.05) is 6.54 Å². The molecule has 64 valence electrons. The predicted molar refractivity (Wildman–Crippen MR) is 51.4 cm³/mol. The molecule has 0 radical (unpaired) electrons. The van der Waals surface area contributed by atoms with Gasteiger partial charge in [-0.1, -0.05) is 38.7 Å². The van der Waals surface area contributed by atoms with Gasteiger partial charge in [-0.25, -0.2) is 0 Å². The highest BCUT2D eigenvalue weighted by Gasteiger charge is 2.13. The number of rotatable bonds is 5. The van der Waals surface area contributed by atoms with Crippen LogP contribution in [0.5, 0.6) is 0 Å². The van der Waals surface area contributed by atoms with Crippen LogP contribution in [0.2, 0.25) is 0 Å². The molecule has 0 aliphatic carbocycles. The van der Waals surface area contributed by atoms with Gasteiger partial charge in [-0.2, -0.15) is 0 Å². The Labute approximate surface area is 70.0 Å². The molecule has 1 heteroatoms. The van der Waals surface area contributed by atoms with Crippen LogP contribution in [0.3, 0.4) is 0 Å². The van der Waals surface area contributed by atoms with Crippen molar-refractivity contribution in [3.63, 3.8) is 0 Å². The Kier molecular flexibility index (Phi) is 4.88. The number of hydrogen-bond donors (Lipinski definition) is 1. The van der Waals surface area contributed by atoms with Crippen LogP contribution >= 0.6 is 0 Å². The number of allylic oxidation sites excluding steroid dienone is 3. The monoisotopic (exact) mass is 153 g/mol. The maximum atomic E-state index is 5.58. The topological polar surface area (TPSA) is 26.0 Å². The van der Waals surface area contributed by atoms with E-state index in [0.717, 1.165) is 19.4 Å². The van der Waals surface area contributed by atoms with E-state index >= 15 is 0 Å². The van der Waals surface area contributed by atoms with Crippen molar-refractivity contribution in [3.05, 3.63) is 24.8 Å². The van der Waals surface area contributed by atoms with E-state index in [4.69, 9.17) is 5.73 Å². The van der Waals surface area contributed by atoms with Crippen LogP contribution in [0.4, 0.5) is 0 Å². The van der Waals surface area contributed by atoms with Crippen molar-refractivity contribution in [2.24, 2.45) is 11.1 Å². The summed E-state index contributed by atoms with van der Waals surface area (Å²) in [6.45, 7) is 8.74. The third-order valence-corrected chi connectivity index (χ3v) is 1.81. The van der Waals surface area contributed by atoms with Gasteiger partial charge in [-0.3, -0.25) is 0 Å². The van der Waals surface area contributed by atoms with E-state index in [-0.39, 0.29) is 5.41 Å². The third kappa shape index (κ3) is 5.86. The molecule has 2 N–H and O–H groups in total. The first-order valence-corrected chi connectivity index (χ1v) is 4.10. The largest absolute Gasteiger partial charge is 0.330 e. The van der Waals surface area contributed by atoms with Gasteiger partial charge in [0, 0.05) is 0 Å². The fourth-order valence-electron chi connectivity index (χ4n) is 0.769. The van der Waals surface area contributed by atoms with Gasteiger partial charge in [0.15, 0.2) is 0 Å². The van der Waals surface area contributed by atoms with Crippen LogP contribution in [0.1, 0.15) is 26.7 Å². The molecule has 11 heavy (non-hydrogen) atoms. The zero-order chi connectivity index (χ0) is 8.74. The summed E-state index contributed by atoms with van der Waals surface area (Å²) < 4.78 is 0. The molecule has 0 atom stereocenters. The molecule has 1 nitrogen and oxygen atoms in total. The lowest BCUT2D eigenvalue weighted by molar-refractivity contribution is 0.351. The van der Waals surface area contributed by atoms with Crippen molar-refractivity contribution < 1.29 is 0 Å². The van der Waals surface area contributed by atoms with Gasteiger partial charge in [0.1, 0.15) is 0 Å². The summed E-state index contributed by atoms with van der Waals surface area (Å²) in [6, 6.07) is 0. The van der Waals surface area contributed by atoms with Crippen LogP contribution in [0.25, 0.3) is 0 Å². The minimum Gasteiger partial charge on any atom is -0.330 e. The summed E-state index contributed by atoms with van der Waals surface area (Å²) >= 11 is 0. The molecule has 0 spiro atoms. The van der Waals surface area contributed by atoms with Crippen molar-refractivity contribution in [3.8, 4) is 0 Å². The van der Waals surface area contributed by atoms with Crippen LogP contribution in [-0.4, -0.2) is 6.54 Å². The SMILES string of the molecule is C=C/C=C/CCC(C)(C)CN. The van der Waals surface area contributed by atoms with Crippen LogP contribution in [-0.2, 0) is 0 Å². The summed E-state index contributed by atoms with van der Waals surface area (Å²) in [6.07, 6.45) is 8.15. The van der Waals surface area contributed by atoms with Crippen molar-refractivity contribution in [1.82, 2.24) is 0 Å². The van der Waals surface area contributed by atoms with Gasteiger partial charge in [-0.15, -0.1) is 0 Å². The highest BCUT2D eigenvalue weighted by Crippen LogP contribution is 2.20. The first kappa shape index (κ1) is 10.4. The van der Waals surface area contributed by atoms with E-state index < -0.39 is 0 Å². The standard InChI is InChI=1S/C10H19N/c1-4-5-6-7-8-10(2,3)9-11/h4-6H,1,7-9,11H2,2-3H3/b6-5+. The lowest BCUT2D eigenvalue weighted by atomic mass is 9.88. The van der Waals surface area contributed by atoms with Crippen LogP contribution in [0, 0.1) is 5.41 Å². The summed E-state index contributed by atoms with van der Waals surface area (Å²) in [4.78, 5) is 0. The Bertz CT molecular complexity index is 134. The first-order chi connectivity index (χ1) is 5.12. The number of hydrogen-bond acceptors (Lipinski definition) is 1. The summed E-state index contributed by atoms with van der Waals surface area (Å²) in [5, 5.41) is 0. The predicted octanol–water partition coefficient (Wildman–Crippen LogP) is 2.49. The highest BCUT2D eigenvalue weighted by atomic mass is 14.6. The molecular formula is C10H19N. The molecule has 0 aromatic heterocycles. The molecule has 0 saturated carbocycles. The second kappa shape index (κ2) is 5.14. The van der Waals surface area contributed by atoms with E-state index in [1.807, 2.05) is 6.08 Å². The lowest BCUT2D eigenvalue weighted by Gasteiger charge is -2.20. The molecular weight excluding hydrogens is 134 g/mol. The van der Waals surface area contributed by atoms with Gasteiger partial charge in [0.05, 0.1) is 0 Å². The van der Waals surface area contributed by atoms with Crippen molar-refractivity contribution in [2.45, 2.75) is 26.7 Å². The molecule has 0 saturated heterocycles. The molecule has 0 aliphatic rings. The summed E-state index contributed by atoms with van der Waals surface area (Å²) in [5.74, 6) is 0. The Morgan fingerprint density at radius 3 is 2.55 bits per heavy atom. The van der Waals surface area contributed by atoms with E-state index in [9.17, 15) is 0 Å². The quantitative estimate of drug-likeness (QED) is 0.603. The fourth-order valence-corrected chi connectivity index (χ4v) is 0.769. The van der Waals surface area contributed by atoms with E-state index in [1.54, 1.807) is 6.08 Å². The Balaban J connectivity index is 3.52. The minimum absolute atomic E-state index is 0.283. The maximum absolute atomic E-state index is 5.58. The Morgan fingerprint density at radius 1 is 1.45 bits per heavy atom. The number of nitrogens with two attached hydrogens (primary N) is 1. The van der Waals surface area contributed by atoms with Gasteiger partial charge >= 0.3 is 0 Å². The van der Waals surface area contributed by atoms with Crippen molar-refractivity contribution >= 4 is 0 Å². The van der Waals surface area contributed by atoms with Gasteiger partial charge in [0.25, 0.3) is 0 Å². The average molecular weight is 153 g/mol. The normalized spacial score (nSPS) is 12.3. The lowest BCUT2D eigenvalue weighted by Crippen LogP contribution is -2.22. The first-order valence-electron chi connectivity index (χ1n) is 4.10. The molecule has 0 fully saturated rings. The van der Waals surface area contributed by atoms with E-state index in [1.165, 1.54) is 0 Å². The smallest absolute Gasteiger partial charge is 0.00257 e. The molecule has 0 aromatic rings. The third-order valence-electron chi connectivity index (χ3n) is 1.81. The zero-order valence-corrected chi connectivity index (χ0v) is 7.64. The minimum atomic E-state index is 0.283. The summed E-state index contributed by atoms with van der Waals surface area (Å²) in [5.41, 5.74) is 5.86. The molecule has 0 bridgehead atoms. The zero-order valence-electron chi connectivity index (χ0n) is 7.64. The fraction of sp³-hybridized carbons (Fsp3) is 0.600. The molecule has 0 unspecified atom stereocenters. The van der Waals surface area contributed by atoms with E-state index in [0.29, 0.717) is 0 Å². The van der Waals surface area contributed by atoms with Crippen LogP contribution < -0.4 is 5.73 Å². The maximum Gasteiger partial charge on any atom is -0.00257 e. The van der Waals surface area contributed by atoms with Gasteiger partial charge in [0.2, 0.25) is 0 Å². The van der Waals surface area contributed by atoms with Gasteiger partial charge < -0.3 is 5.73 Å². The molecule has 0 rings (SSSR count). The molecule has 0 aliphatic heterocycles. The molecule has 0 aromatic carbocycles. The van der Waals surface area contributed by atoms with Crippen LogP contribution in [0.15, 0.2) is 24.8 Å². The van der Waals surface area contributed by atoms with Crippen molar-refractivity contribution in [1.29, 1.82) is 0 Å². The highest BCUT2D eigenvalue weighted by molar-refractivity contribution is 4.97. The van der Waals surface area contributed by atoms with E-state index in [2.05, 4.69) is 26.5 Å². The molecule has 0 heterocycles. The second-order valence-electron chi connectivity index (χ2n) is 3.57. The molecule has 0 amide bonds. The second-order valence-corrected chi connectivity index (χ2v) is 3.57. The summed E-state index contributed by atoms with van der Waals surface area (Å²) in [7, 11) is 0. The average Bonchev–Trinajstić information content (AvgIpc) is 1.99. The Hall–Kier alpha value is -0.560.